The van der Waals surface area contributed by atoms with E-state index in [4.69, 9.17) is 4.74 Å². The van der Waals surface area contributed by atoms with Gasteiger partial charge in [0, 0.05) is 60.9 Å². The van der Waals surface area contributed by atoms with Gasteiger partial charge in [0.1, 0.15) is 10.4 Å². The van der Waals surface area contributed by atoms with E-state index < -0.39 is 11.7 Å². The number of amides is 1. The van der Waals surface area contributed by atoms with Gasteiger partial charge in [0.25, 0.3) is 5.91 Å². The fourth-order valence-corrected chi connectivity index (χ4v) is 7.92. The Morgan fingerprint density at radius 2 is 1.86 bits per heavy atom. The molecule has 3 aromatic rings. The number of anilines is 3. The highest BCUT2D eigenvalue weighted by Crippen LogP contribution is 2.46. The summed E-state index contributed by atoms with van der Waals surface area (Å²) in [4.78, 5) is 29.8. The molecule has 0 unspecified atom stereocenters. The summed E-state index contributed by atoms with van der Waals surface area (Å²) in [5, 5.41) is 3.23. The lowest BCUT2D eigenvalue weighted by atomic mass is 10.1. The lowest BCUT2D eigenvalue weighted by Gasteiger charge is -2.36. The number of thioether (sulfide) groups is 1. The molecule has 1 saturated carbocycles. The van der Waals surface area contributed by atoms with Gasteiger partial charge >= 0.3 is 6.18 Å². The van der Waals surface area contributed by atoms with E-state index in [2.05, 4.69) is 44.3 Å². The number of benzene rings is 1. The molecular formula is C29H31F3N6O2S2. The summed E-state index contributed by atoms with van der Waals surface area (Å²) in [6, 6.07) is 7.93. The molecule has 1 aromatic carbocycles. The van der Waals surface area contributed by atoms with Gasteiger partial charge in [-0.3, -0.25) is 4.79 Å². The first kappa shape index (κ1) is 27.9. The molecule has 1 amide bonds. The molecular weight excluding hydrogens is 585 g/mol. The van der Waals surface area contributed by atoms with Gasteiger partial charge in [0.15, 0.2) is 0 Å². The highest BCUT2D eigenvalue weighted by atomic mass is 32.2. The van der Waals surface area contributed by atoms with Crippen LogP contribution in [0.4, 0.5) is 30.5 Å². The van der Waals surface area contributed by atoms with Gasteiger partial charge in [0.05, 0.1) is 29.8 Å². The maximum absolute atomic E-state index is 14.2. The van der Waals surface area contributed by atoms with Gasteiger partial charge in [0.2, 0.25) is 5.95 Å². The zero-order valence-electron chi connectivity index (χ0n) is 23.1. The average Bonchev–Trinajstić information content (AvgIpc) is 3.72. The number of hydrogen-bond donors (Lipinski definition) is 1. The fraction of sp³-hybridized carbons (Fsp3) is 0.483. The van der Waals surface area contributed by atoms with E-state index in [0.717, 1.165) is 73.5 Å². The standard InChI is InChI=1S/C29H31F3N6O2S2/c1-36-6-8-37(9-7-36)18-4-5-22(20(12-18)17-2-3-17)34-28-33-14-21(29(30,31)32)25(35-28)23-13-24-26(42-23)27(39)38(10-11-41-24)19-15-40-16-19/h4-5,12-14,17,19H,2-3,6-11,15-16H2,1H3,(H,33,34,35). The first-order chi connectivity index (χ1) is 20.2. The molecule has 0 bridgehead atoms. The number of halogens is 3. The Hall–Kier alpha value is -2.87. The first-order valence-electron chi connectivity index (χ1n) is 14.2. The number of piperazine rings is 1. The largest absolute Gasteiger partial charge is 0.420 e. The number of aromatic nitrogens is 2. The summed E-state index contributed by atoms with van der Waals surface area (Å²) < 4.78 is 47.8. The number of likely N-dealkylation sites (N-methyl/N-ethyl adjacent to an activating group) is 1. The number of carbonyl (C=O) groups is 1. The SMILES string of the molecule is CN1CCN(c2ccc(Nc3ncc(C(F)(F)F)c(-c4cc5c(s4)C(=O)N(C4COC4)CCS5)n3)c(C3CC3)c2)CC1. The van der Waals surface area contributed by atoms with Crippen molar-refractivity contribution in [2.24, 2.45) is 0 Å². The van der Waals surface area contributed by atoms with Crippen molar-refractivity contribution in [1.29, 1.82) is 0 Å². The molecule has 8 nitrogen and oxygen atoms in total. The lowest BCUT2D eigenvalue weighted by molar-refractivity contribution is -0.137. The van der Waals surface area contributed by atoms with E-state index in [0.29, 0.717) is 46.1 Å². The van der Waals surface area contributed by atoms with Crippen molar-refractivity contribution in [3.8, 4) is 10.6 Å². The number of nitrogens with zero attached hydrogens (tertiary/aromatic N) is 5. The molecule has 4 aliphatic rings. The quantitative estimate of drug-likeness (QED) is 0.387. The molecule has 0 radical (unpaired) electrons. The first-order valence-corrected chi connectivity index (χ1v) is 16.0. The Morgan fingerprint density at radius 3 is 2.55 bits per heavy atom. The highest BCUT2D eigenvalue weighted by Gasteiger charge is 2.38. The molecule has 42 heavy (non-hydrogen) atoms. The highest BCUT2D eigenvalue weighted by molar-refractivity contribution is 7.99. The number of nitrogens with one attached hydrogen (secondary N) is 1. The number of hydrogen-bond acceptors (Lipinski definition) is 9. The number of carbonyl (C=O) groups excluding carboxylic acids is 1. The second-order valence-electron chi connectivity index (χ2n) is 11.3. The molecule has 2 aromatic heterocycles. The summed E-state index contributed by atoms with van der Waals surface area (Å²) >= 11 is 2.56. The molecule has 5 heterocycles. The Bertz CT molecular complexity index is 1500. The number of alkyl halides is 3. The minimum atomic E-state index is -4.65. The molecule has 0 spiro atoms. The summed E-state index contributed by atoms with van der Waals surface area (Å²) in [5.41, 5.74) is 1.98. The van der Waals surface area contributed by atoms with Gasteiger partial charge in [-0.2, -0.15) is 13.2 Å². The van der Waals surface area contributed by atoms with Crippen LogP contribution in [0.2, 0.25) is 0 Å². The van der Waals surface area contributed by atoms with E-state index in [1.165, 1.54) is 11.8 Å². The van der Waals surface area contributed by atoms with Crippen molar-refractivity contribution in [2.45, 2.75) is 35.9 Å². The van der Waals surface area contributed by atoms with Crippen LogP contribution in [-0.2, 0) is 10.9 Å². The van der Waals surface area contributed by atoms with E-state index in [-0.39, 0.29) is 23.6 Å². The lowest BCUT2D eigenvalue weighted by Crippen LogP contribution is -2.52. The molecule has 2 saturated heterocycles. The van der Waals surface area contributed by atoms with Gasteiger partial charge in [-0.25, -0.2) is 9.97 Å². The predicted octanol–water partition coefficient (Wildman–Crippen LogP) is 5.54. The minimum Gasteiger partial charge on any atom is -0.377 e. The summed E-state index contributed by atoms with van der Waals surface area (Å²) in [6.07, 6.45) is -1.64. The van der Waals surface area contributed by atoms with Crippen molar-refractivity contribution in [3.63, 3.8) is 0 Å². The topological polar surface area (TPSA) is 73.8 Å². The van der Waals surface area contributed by atoms with Crippen LogP contribution in [0, 0.1) is 0 Å². The van der Waals surface area contributed by atoms with Crippen molar-refractivity contribution >= 4 is 46.3 Å². The third-order valence-electron chi connectivity index (χ3n) is 8.30. The summed E-state index contributed by atoms with van der Waals surface area (Å²) in [7, 11) is 2.13. The monoisotopic (exact) mass is 616 g/mol. The Morgan fingerprint density at radius 1 is 1.07 bits per heavy atom. The zero-order chi connectivity index (χ0) is 29.0. The van der Waals surface area contributed by atoms with E-state index in [1.807, 2.05) is 6.07 Å². The molecule has 3 aliphatic heterocycles. The Balaban J connectivity index is 1.21. The van der Waals surface area contributed by atoms with E-state index in [1.54, 1.807) is 11.0 Å². The second-order valence-corrected chi connectivity index (χ2v) is 13.4. The molecule has 222 valence electrons. The van der Waals surface area contributed by atoms with Crippen molar-refractivity contribution in [1.82, 2.24) is 19.8 Å². The minimum absolute atomic E-state index is 0.0125. The van der Waals surface area contributed by atoms with Crippen molar-refractivity contribution in [2.75, 3.05) is 69.0 Å². The molecule has 3 fully saturated rings. The number of ether oxygens (including phenoxy) is 1. The molecule has 1 N–H and O–H groups in total. The average molecular weight is 617 g/mol. The van der Waals surface area contributed by atoms with Crippen LogP contribution in [0.5, 0.6) is 0 Å². The van der Waals surface area contributed by atoms with Gasteiger partial charge in [-0.05, 0) is 55.6 Å². The molecule has 7 rings (SSSR count). The van der Waals surface area contributed by atoms with E-state index in [9.17, 15) is 18.0 Å². The number of thiophene rings is 1. The van der Waals surface area contributed by atoms with Crippen LogP contribution >= 0.6 is 23.1 Å². The Labute approximate surface area is 250 Å². The Kier molecular flexibility index (Phi) is 7.32. The van der Waals surface area contributed by atoms with Gasteiger partial charge in [-0.15, -0.1) is 23.1 Å². The third kappa shape index (κ3) is 5.47. The smallest absolute Gasteiger partial charge is 0.377 e. The number of rotatable bonds is 6. The molecule has 0 atom stereocenters. The van der Waals surface area contributed by atoms with Gasteiger partial charge in [-0.1, -0.05) is 0 Å². The van der Waals surface area contributed by atoms with Gasteiger partial charge < -0.3 is 24.8 Å². The van der Waals surface area contributed by atoms with E-state index >= 15 is 0 Å². The van der Waals surface area contributed by atoms with Crippen LogP contribution in [0.25, 0.3) is 10.6 Å². The third-order valence-corrected chi connectivity index (χ3v) is 10.6. The van der Waals surface area contributed by atoms with Crippen molar-refractivity contribution in [3.05, 3.63) is 46.5 Å². The predicted molar refractivity (Wildman–Crippen MR) is 158 cm³/mol. The zero-order valence-corrected chi connectivity index (χ0v) is 24.7. The van der Waals surface area contributed by atoms with Crippen LogP contribution in [-0.4, -0.2) is 90.5 Å². The maximum Gasteiger partial charge on any atom is 0.420 e. The molecule has 1 aliphatic carbocycles. The summed E-state index contributed by atoms with van der Waals surface area (Å²) in [6.45, 7) is 5.48. The fourth-order valence-electron chi connectivity index (χ4n) is 5.60. The number of fused-ring (bicyclic) bond motifs is 1. The van der Waals surface area contributed by atoms with Crippen molar-refractivity contribution < 1.29 is 22.7 Å². The normalized spacial score (nSPS) is 20.3. The summed E-state index contributed by atoms with van der Waals surface area (Å²) in [5.74, 6) is 1.02. The second kappa shape index (κ2) is 11.0. The van der Waals surface area contributed by atoms with Crippen LogP contribution in [0.15, 0.2) is 35.4 Å². The van der Waals surface area contributed by atoms with Crippen LogP contribution in [0.3, 0.4) is 0 Å². The molecule has 13 heteroatoms. The van der Waals surface area contributed by atoms with Crippen LogP contribution < -0.4 is 10.2 Å². The maximum atomic E-state index is 14.2. The van der Waals surface area contributed by atoms with Crippen LogP contribution in [0.1, 0.15) is 39.6 Å².